The molecule has 0 radical (unpaired) electrons. The average molecular weight is 285 g/mol. The zero-order valence-electron chi connectivity index (χ0n) is 11.2. The fraction of sp³-hybridized carbons (Fsp3) is 0.214. The second kappa shape index (κ2) is 5.60. The van der Waals surface area contributed by atoms with Crippen LogP contribution < -0.4 is 5.73 Å². The molecule has 0 amide bonds. The van der Waals surface area contributed by atoms with Crippen LogP contribution >= 0.6 is 11.8 Å². The molecule has 102 valence electrons. The maximum Gasteiger partial charge on any atom is 0.143 e. The molecule has 3 aromatic rings. The Morgan fingerprint density at radius 2 is 2.10 bits per heavy atom. The van der Waals surface area contributed by atoms with E-state index in [1.165, 1.54) is 0 Å². The first-order valence-electron chi connectivity index (χ1n) is 6.36. The van der Waals surface area contributed by atoms with Crippen molar-refractivity contribution < 1.29 is 0 Å². The lowest BCUT2D eigenvalue weighted by Gasteiger charge is -2.08. The van der Waals surface area contributed by atoms with Gasteiger partial charge in [-0.2, -0.15) is 0 Å². The van der Waals surface area contributed by atoms with Crippen LogP contribution in [0.5, 0.6) is 0 Å². The molecular formula is C14H15N5S. The summed E-state index contributed by atoms with van der Waals surface area (Å²) >= 11 is 1.60. The van der Waals surface area contributed by atoms with Gasteiger partial charge in [0.15, 0.2) is 0 Å². The Morgan fingerprint density at radius 1 is 1.25 bits per heavy atom. The number of hydrogen-bond donors (Lipinski definition) is 1. The van der Waals surface area contributed by atoms with Crippen LogP contribution in [0.25, 0.3) is 16.9 Å². The Kier molecular flexibility index (Phi) is 3.66. The van der Waals surface area contributed by atoms with Gasteiger partial charge in [-0.05, 0) is 24.9 Å². The molecule has 0 spiro atoms. The molecule has 5 nitrogen and oxygen atoms in total. The van der Waals surface area contributed by atoms with Crippen LogP contribution in [0, 0.1) is 0 Å². The molecule has 0 aliphatic carbocycles. The van der Waals surface area contributed by atoms with E-state index in [0.717, 1.165) is 27.7 Å². The molecule has 20 heavy (non-hydrogen) atoms. The molecule has 1 aromatic carbocycles. The van der Waals surface area contributed by atoms with Gasteiger partial charge < -0.3 is 5.73 Å². The maximum absolute atomic E-state index is 5.70. The number of nitrogens with two attached hydrogens (primary N) is 1. The number of nitrogens with zero attached hydrogens (tertiary/aromatic N) is 4. The number of fused-ring (bicyclic) bond motifs is 1. The smallest absolute Gasteiger partial charge is 0.143 e. The zero-order valence-corrected chi connectivity index (χ0v) is 12.0. The van der Waals surface area contributed by atoms with Crippen LogP contribution in [0.15, 0.2) is 41.7 Å². The molecule has 0 saturated carbocycles. The largest absolute Gasteiger partial charge is 0.330 e. The van der Waals surface area contributed by atoms with Crippen LogP contribution in [0.3, 0.4) is 0 Å². The lowest BCUT2D eigenvalue weighted by atomic mass is 10.3. The van der Waals surface area contributed by atoms with Crippen LogP contribution in [0.4, 0.5) is 0 Å². The quantitative estimate of drug-likeness (QED) is 0.587. The van der Waals surface area contributed by atoms with E-state index in [9.17, 15) is 0 Å². The maximum atomic E-state index is 5.70. The summed E-state index contributed by atoms with van der Waals surface area (Å²) in [5.41, 5.74) is 7.70. The molecular weight excluding hydrogens is 270 g/mol. The Morgan fingerprint density at radius 3 is 2.90 bits per heavy atom. The van der Waals surface area contributed by atoms with E-state index in [1.807, 2.05) is 36.6 Å². The molecule has 2 heterocycles. The monoisotopic (exact) mass is 285 g/mol. The van der Waals surface area contributed by atoms with Gasteiger partial charge in [-0.1, -0.05) is 12.1 Å². The van der Waals surface area contributed by atoms with Crippen molar-refractivity contribution in [3.8, 4) is 5.82 Å². The highest BCUT2D eigenvalue weighted by Gasteiger charge is 2.12. The summed E-state index contributed by atoms with van der Waals surface area (Å²) in [5, 5.41) is 0.937. The second-order valence-corrected chi connectivity index (χ2v) is 5.14. The molecule has 0 unspecified atom stereocenters. The summed E-state index contributed by atoms with van der Waals surface area (Å²) in [6.45, 7) is 0.559. The van der Waals surface area contributed by atoms with Crippen LogP contribution in [0.1, 0.15) is 5.82 Å². The van der Waals surface area contributed by atoms with Gasteiger partial charge in [-0.15, -0.1) is 11.8 Å². The van der Waals surface area contributed by atoms with E-state index >= 15 is 0 Å². The summed E-state index contributed by atoms with van der Waals surface area (Å²) < 4.78 is 2.06. The average Bonchev–Trinajstić information content (AvgIpc) is 2.85. The van der Waals surface area contributed by atoms with Gasteiger partial charge in [0, 0.05) is 12.5 Å². The first kappa shape index (κ1) is 13.1. The SMILES string of the molecule is CSc1cc(-n2c(CCN)nc3ccccc32)ncn1. The molecule has 0 bridgehead atoms. The molecule has 0 aliphatic rings. The van der Waals surface area contributed by atoms with Gasteiger partial charge in [0.2, 0.25) is 0 Å². The van der Waals surface area contributed by atoms with Gasteiger partial charge in [0.25, 0.3) is 0 Å². The third-order valence-electron chi connectivity index (χ3n) is 3.06. The Labute approximate surface area is 121 Å². The summed E-state index contributed by atoms with van der Waals surface area (Å²) in [6, 6.07) is 10.0. The second-order valence-electron chi connectivity index (χ2n) is 4.31. The highest BCUT2D eigenvalue weighted by molar-refractivity contribution is 7.98. The molecule has 2 aromatic heterocycles. The lowest BCUT2D eigenvalue weighted by Crippen LogP contribution is -2.10. The predicted octanol–water partition coefficient (Wildman–Crippen LogP) is 2.04. The van der Waals surface area contributed by atoms with Crippen molar-refractivity contribution in [3.05, 3.63) is 42.5 Å². The highest BCUT2D eigenvalue weighted by Crippen LogP contribution is 2.22. The normalized spacial score (nSPS) is 11.1. The predicted molar refractivity (Wildman–Crippen MR) is 81.2 cm³/mol. The van der Waals surface area contributed by atoms with Crippen molar-refractivity contribution >= 4 is 22.8 Å². The van der Waals surface area contributed by atoms with E-state index in [1.54, 1.807) is 18.1 Å². The Bertz CT molecular complexity index is 737. The number of thioether (sulfide) groups is 1. The zero-order chi connectivity index (χ0) is 13.9. The first-order chi connectivity index (χ1) is 9.83. The number of hydrogen-bond acceptors (Lipinski definition) is 5. The van der Waals surface area contributed by atoms with Gasteiger partial charge in [-0.3, -0.25) is 4.57 Å². The first-order valence-corrected chi connectivity index (χ1v) is 7.59. The molecule has 0 saturated heterocycles. The molecule has 0 atom stereocenters. The van der Waals surface area contributed by atoms with E-state index in [4.69, 9.17) is 5.73 Å². The van der Waals surface area contributed by atoms with Crippen LogP contribution in [0.2, 0.25) is 0 Å². The van der Waals surface area contributed by atoms with Crippen molar-refractivity contribution in [2.24, 2.45) is 5.73 Å². The van der Waals surface area contributed by atoms with Crippen molar-refractivity contribution in [3.63, 3.8) is 0 Å². The molecule has 0 aliphatic heterocycles. The number of imidazole rings is 1. The van der Waals surface area contributed by atoms with Crippen molar-refractivity contribution in [2.75, 3.05) is 12.8 Å². The van der Waals surface area contributed by atoms with Crippen LogP contribution in [-0.2, 0) is 6.42 Å². The van der Waals surface area contributed by atoms with Gasteiger partial charge in [0.1, 0.15) is 23.0 Å². The van der Waals surface area contributed by atoms with E-state index < -0.39 is 0 Å². The van der Waals surface area contributed by atoms with Gasteiger partial charge in [-0.25, -0.2) is 15.0 Å². The highest BCUT2D eigenvalue weighted by atomic mass is 32.2. The molecule has 2 N–H and O–H groups in total. The summed E-state index contributed by atoms with van der Waals surface area (Å²) in [5.74, 6) is 1.76. The van der Waals surface area contributed by atoms with E-state index in [-0.39, 0.29) is 0 Å². The van der Waals surface area contributed by atoms with Gasteiger partial charge in [0.05, 0.1) is 11.0 Å². The lowest BCUT2D eigenvalue weighted by molar-refractivity contribution is 0.826. The minimum atomic E-state index is 0.559. The van der Waals surface area contributed by atoms with Crippen molar-refractivity contribution in [1.82, 2.24) is 19.5 Å². The Hall–Kier alpha value is -1.92. The summed E-state index contributed by atoms with van der Waals surface area (Å²) in [6.07, 6.45) is 4.30. The fourth-order valence-corrected chi connectivity index (χ4v) is 2.57. The topological polar surface area (TPSA) is 69.6 Å². The number of para-hydroxylation sites is 2. The third kappa shape index (κ3) is 2.28. The Balaban J connectivity index is 2.24. The molecule has 0 fully saturated rings. The van der Waals surface area contributed by atoms with Crippen molar-refractivity contribution in [2.45, 2.75) is 11.4 Å². The van der Waals surface area contributed by atoms with Crippen LogP contribution in [-0.4, -0.2) is 32.3 Å². The van der Waals surface area contributed by atoms with E-state index in [0.29, 0.717) is 13.0 Å². The number of aromatic nitrogens is 4. The minimum absolute atomic E-state index is 0.559. The standard InChI is InChI=1S/C14H15N5S/c1-20-14-8-13(16-9-17-14)19-11-5-3-2-4-10(11)18-12(19)6-7-15/h2-5,8-9H,6-7,15H2,1H3. The third-order valence-corrected chi connectivity index (χ3v) is 3.71. The van der Waals surface area contributed by atoms with E-state index in [2.05, 4.69) is 19.5 Å². The summed E-state index contributed by atoms with van der Waals surface area (Å²) in [7, 11) is 0. The molecule has 3 rings (SSSR count). The van der Waals surface area contributed by atoms with Crippen molar-refractivity contribution in [1.29, 1.82) is 0 Å². The fourth-order valence-electron chi connectivity index (χ4n) is 2.19. The molecule has 6 heteroatoms. The number of benzene rings is 1. The number of rotatable bonds is 4. The minimum Gasteiger partial charge on any atom is -0.330 e. The van der Waals surface area contributed by atoms with Gasteiger partial charge >= 0.3 is 0 Å². The summed E-state index contributed by atoms with van der Waals surface area (Å²) in [4.78, 5) is 13.2.